The molecule has 5 nitrogen and oxygen atoms in total. The highest BCUT2D eigenvalue weighted by atomic mass is 32.2. The molecule has 1 aromatic carbocycles. The lowest BCUT2D eigenvalue weighted by molar-refractivity contribution is -0.139. The molecule has 1 rings (SSSR count). The summed E-state index contributed by atoms with van der Waals surface area (Å²) in [7, 11) is -2.13. The lowest BCUT2D eigenvalue weighted by Gasteiger charge is -2.21. The molecule has 21 heavy (non-hydrogen) atoms. The van der Waals surface area contributed by atoms with Crippen LogP contribution in [0, 0.1) is 0 Å². The predicted molar refractivity (Wildman–Crippen MR) is 81.5 cm³/mol. The Morgan fingerprint density at radius 2 is 1.62 bits per heavy atom. The average molecular weight is 313 g/mol. The van der Waals surface area contributed by atoms with Crippen molar-refractivity contribution >= 4 is 16.0 Å². The lowest BCUT2D eigenvalue weighted by Crippen LogP contribution is -2.32. The van der Waals surface area contributed by atoms with Gasteiger partial charge in [-0.3, -0.25) is 4.79 Å². The van der Waals surface area contributed by atoms with Crippen LogP contribution in [0.5, 0.6) is 0 Å². The molecule has 0 aliphatic carbocycles. The summed E-state index contributed by atoms with van der Waals surface area (Å²) >= 11 is 0. The Morgan fingerprint density at radius 3 is 2.05 bits per heavy atom. The van der Waals surface area contributed by atoms with Gasteiger partial charge in [0.15, 0.2) is 0 Å². The molecule has 0 aliphatic heterocycles. The van der Waals surface area contributed by atoms with E-state index in [1.807, 2.05) is 13.8 Å². The number of ether oxygens (including phenoxy) is 1. The molecule has 0 saturated carbocycles. The van der Waals surface area contributed by atoms with E-state index in [-0.39, 0.29) is 17.3 Å². The maximum Gasteiger partial charge on any atom is 0.309 e. The first-order chi connectivity index (χ1) is 9.95. The van der Waals surface area contributed by atoms with Gasteiger partial charge in [-0.25, -0.2) is 8.42 Å². The summed E-state index contributed by atoms with van der Waals surface area (Å²) < 4.78 is 31.2. The number of hydrogen-bond donors (Lipinski definition) is 0. The number of rotatable bonds is 8. The summed E-state index contributed by atoms with van der Waals surface area (Å²) in [5.74, 6) is -0.343. The number of nitrogens with zero attached hydrogens (tertiary/aromatic N) is 1. The monoisotopic (exact) mass is 313 g/mol. The minimum absolute atomic E-state index is 0.143. The number of hydrogen-bond acceptors (Lipinski definition) is 4. The highest BCUT2D eigenvalue weighted by Crippen LogP contribution is 2.17. The zero-order chi connectivity index (χ0) is 15.9. The minimum atomic E-state index is -3.46. The molecule has 0 N–H and O–H groups in total. The molecule has 118 valence electrons. The molecule has 0 spiro atoms. The van der Waals surface area contributed by atoms with E-state index in [1.54, 1.807) is 24.3 Å². The molecule has 0 radical (unpaired) electrons. The fourth-order valence-electron chi connectivity index (χ4n) is 2.02. The van der Waals surface area contributed by atoms with E-state index < -0.39 is 10.0 Å². The molecular weight excluding hydrogens is 290 g/mol. The third-order valence-electron chi connectivity index (χ3n) is 3.08. The van der Waals surface area contributed by atoms with Gasteiger partial charge in [0.25, 0.3) is 0 Å². The summed E-state index contributed by atoms with van der Waals surface area (Å²) in [6, 6.07) is 6.40. The Labute approximate surface area is 127 Å². The number of sulfonamides is 1. The zero-order valence-corrected chi connectivity index (χ0v) is 13.6. The molecule has 0 aromatic heterocycles. The zero-order valence-electron chi connectivity index (χ0n) is 12.8. The van der Waals surface area contributed by atoms with Gasteiger partial charge in [0.05, 0.1) is 18.4 Å². The van der Waals surface area contributed by atoms with Gasteiger partial charge in [0, 0.05) is 13.1 Å². The number of carbonyl (C=O) groups is 1. The summed E-state index contributed by atoms with van der Waals surface area (Å²) in [5.41, 5.74) is 0.735. The third-order valence-corrected chi connectivity index (χ3v) is 5.00. The second-order valence-electron chi connectivity index (χ2n) is 4.80. The van der Waals surface area contributed by atoms with E-state index >= 15 is 0 Å². The summed E-state index contributed by atoms with van der Waals surface area (Å²) in [6.07, 6.45) is 1.70. The van der Waals surface area contributed by atoms with Gasteiger partial charge in [0.1, 0.15) is 0 Å². The molecule has 0 bridgehead atoms. The van der Waals surface area contributed by atoms with Crippen LogP contribution in [0.2, 0.25) is 0 Å². The number of benzene rings is 1. The molecule has 6 heteroatoms. The van der Waals surface area contributed by atoms with Crippen molar-refractivity contribution in [3.8, 4) is 0 Å². The fraction of sp³-hybridized carbons (Fsp3) is 0.533. The topological polar surface area (TPSA) is 63.7 Å². The molecule has 0 saturated heterocycles. The number of methoxy groups -OCH3 is 1. The highest BCUT2D eigenvalue weighted by molar-refractivity contribution is 7.89. The van der Waals surface area contributed by atoms with Gasteiger partial charge in [-0.1, -0.05) is 26.0 Å². The fourth-order valence-corrected chi connectivity index (χ4v) is 3.64. The number of esters is 1. The lowest BCUT2D eigenvalue weighted by atomic mass is 10.2. The molecule has 0 unspecified atom stereocenters. The van der Waals surface area contributed by atoms with Crippen LogP contribution in [-0.4, -0.2) is 38.9 Å². The maximum atomic E-state index is 12.5. The second kappa shape index (κ2) is 8.14. The van der Waals surface area contributed by atoms with Gasteiger partial charge < -0.3 is 4.74 Å². The van der Waals surface area contributed by atoms with Crippen molar-refractivity contribution in [1.82, 2.24) is 4.31 Å². The first-order valence-corrected chi connectivity index (χ1v) is 8.55. The SMILES string of the molecule is CCCN(CCC)S(=O)(=O)c1ccc(CC(=O)OC)cc1. The van der Waals surface area contributed by atoms with Crippen molar-refractivity contribution in [2.75, 3.05) is 20.2 Å². The first kappa shape index (κ1) is 17.7. The van der Waals surface area contributed by atoms with Gasteiger partial charge in [-0.15, -0.1) is 0 Å². The molecule has 0 heterocycles. The largest absolute Gasteiger partial charge is 0.469 e. The molecule has 0 aliphatic rings. The van der Waals surface area contributed by atoms with Crippen molar-refractivity contribution < 1.29 is 17.9 Å². The van der Waals surface area contributed by atoms with Crippen LogP contribution in [-0.2, 0) is 26.0 Å². The summed E-state index contributed by atoms with van der Waals surface area (Å²) in [6.45, 7) is 4.94. The molecule has 0 amide bonds. The Kier molecular flexibility index (Phi) is 6.84. The Balaban J connectivity index is 2.95. The van der Waals surface area contributed by atoms with E-state index in [9.17, 15) is 13.2 Å². The average Bonchev–Trinajstić information content (AvgIpc) is 2.47. The minimum Gasteiger partial charge on any atom is -0.469 e. The van der Waals surface area contributed by atoms with Crippen LogP contribution in [0.3, 0.4) is 0 Å². The highest BCUT2D eigenvalue weighted by Gasteiger charge is 2.22. The van der Waals surface area contributed by atoms with E-state index in [0.717, 1.165) is 18.4 Å². The van der Waals surface area contributed by atoms with Gasteiger partial charge in [0.2, 0.25) is 10.0 Å². The van der Waals surface area contributed by atoms with Crippen molar-refractivity contribution in [1.29, 1.82) is 0 Å². The summed E-state index contributed by atoms with van der Waals surface area (Å²) in [4.78, 5) is 11.5. The molecular formula is C15H23NO4S. The van der Waals surface area contributed by atoms with Crippen LogP contribution < -0.4 is 0 Å². The van der Waals surface area contributed by atoms with E-state index in [2.05, 4.69) is 4.74 Å². The number of carbonyl (C=O) groups excluding carboxylic acids is 1. The molecule has 0 atom stereocenters. The van der Waals surface area contributed by atoms with Crippen LogP contribution >= 0.6 is 0 Å². The maximum absolute atomic E-state index is 12.5. The van der Waals surface area contributed by atoms with Gasteiger partial charge >= 0.3 is 5.97 Å². The standard InChI is InChI=1S/C15H23NO4S/c1-4-10-16(11-5-2)21(18,19)14-8-6-13(7-9-14)12-15(17)20-3/h6-9H,4-5,10-12H2,1-3H3. The van der Waals surface area contributed by atoms with E-state index in [4.69, 9.17) is 0 Å². The van der Waals surface area contributed by atoms with Crippen LogP contribution in [0.1, 0.15) is 32.3 Å². The van der Waals surface area contributed by atoms with Crippen LogP contribution in [0.4, 0.5) is 0 Å². The van der Waals surface area contributed by atoms with Crippen molar-refractivity contribution in [3.05, 3.63) is 29.8 Å². The van der Waals surface area contributed by atoms with Crippen LogP contribution in [0.15, 0.2) is 29.2 Å². The van der Waals surface area contributed by atoms with Crippen LogP contribution in [0.25, 0.3) is 0 Å². The van der Waals surface area contributed by atoms with Crippen molar-refractivity contribution in [3.63, 3.8) is 0 Å². The van der Waals surface area contributed by atoms with Crippen molar-refractivity contribution in [2.24, 2.45) is 0 Å². The Hall–Kier alpha value is -1.40. The van der Waals surface area contributed by atoms with Gasteiger partial charge in [-0.05, 0) is 30.5 Å². The van der Waals surface area contributed by atoms with Gasteiger partial charge in [-0.2, -0.15) is 4.31 Å². The molecule has 1 aromatic rings. The Bertz CT molecular complexity index is 546. The second-order valence-corrected chi connectivity index (χ2v) is 6.74. The summed E-state index contributed by atoms with van der Waals surface area (Å²) in [5, 5.41) is 0. The Morgan fingerprint density at radius 1 is 1.10 bits per heavy atom. The first-order valence-electron chi connectivity index (χ1n) is 7.11. The smallest absolute Gasteiger partial charge is 0.309 e. The predicted octanol–water partition coefficient (Wildman–Crippen LogP) is 2.21. The van der Waals surface area contributed by atoms with Crippen molar-refractivity contribution in [2.45, 2.75) is 38.0 Å². The normalized spacial score (nSPS) is 11.6. The van der Waals surface area contributed by atoms with E-state index in [0.29, 0.717) is 13.1 Å². The quantitative estimate of drug-likeness (QED) is 0.690. The third kappa shape index (κ3) is 4.82. The molecule has 0 fully saturated rings. The van der Waals surface area contributed by atoms with E-state index in [1.165, 1.54) is 11.4 Å².